The van der Waals surface area contributed by atoms with Crippen LogP contribution >= 0.6 is 0 Å². The maximum absolute atomic E-state index is 9.27. The SMILES string of the molecule is CN(c1ccc(/C(N)=N/O)cn1)C(C)(C)CO. The lowest BCUT2D eigenvalue weighted by molar-refractivity contribution is 0.215. The topological polar surface area (TPSA) is 95.0 Å². The molecule has 1 aromatic rings. The summed E-state index contributed by atoms with van der Waals surface area (Å²) >= 11 is 0. The third kappa shape index (κ3) is 2.85. The number of aliphatic hydroxyl groups is 1. The van der Waals surface area contributed by atoms with E-state index in [1.54, 1.807) is 12.1 Å². The minimum atomic E-state index is -0.398. The molecule has 0 bridgehead atoms. The van der Waals surface area contributed by atoms with Gasteiger partial charge in [-0.05, 0) is 26.0 Å². The summed E-state index contributed by atoms with van der Waals surface area (Å²) in [7, 11) is 1.85. The van der Waals surface area contributed by atoms with E-state index >= 15 is 0 Å². The van der Waals surface area contributed by atoms with Gasteiger partial charge in [0.1, 0.15) is 5.82 Å². The number of hydrogen-bond donors (Lipinski definition) is 3. The highest BCUT2D eigenvalue weighted by atomic mass is 16.4. The van der Waals surface area contributed by atoms with Crippen LogP contribution in [0, 0.1) is 0 Å². The Morgan fingerprint density at radius 3 is 2.59 bits per heavy atom. The number of rotatable bonds is 4. The van der Waals surface area contributed by atoms with Gasteiger partial charge in [-0.25, -0.2) is 4.98 Å². The van der Waals surface area contributed by atoms with E-state index in [0.29, 0.717) is 11.4 Å². The maximum atomic E-state index is 9.27. The third-order valence-corrected chi connectivity index (χ3v) is 2.79. The van der Waals surface area contributed by atoms with E-state index in [1.165, 1.54) is 6.20 Å². The molecule has 0 atom stereocenters. The van der Waals surface area contributed by atoms with Gasteiger partial charge in [0.05, 0.1) is 12.1 Å². The van der Waals surface area contributed by atoms with Crippen LogP contribution in [0.4, 0.5) is 5.82 Å². The first-order valence-electron chi connectivity index (χ1n) is 5.21. The van der Waals surface area contributed by atoms with Gasteiger partial charge >= 0.3 is 0 Å². The summed E-state index contributed by atoms with van der Waals surface area (Å²) in [5, 5.41) is 20.7. The quantitative estimate of drug-likeness (QED) is 0.305. The highest BCUT2D eigenvalue weighted by Gasteiger charge is 2.23. The Morgan fingerprint density at radius 2 is 2.18 bits per heavy atom. The number of anilines is 1. The zero-order chi connectivity index (χ0) is 13.1. The molecule has 0 radical (unpaired) electrons. The number of aromatic nitrogens is 1. The number of hydrogen-bond acceptors (Lipinski definition) is 5. The molecule has 94 valence electrons. The Hall–Kier alpha value is -1.82. The lowest BCUT2D eigenvalue weighted by atomic mass is 10.1. The Balaban J connectivity index is 2.95. The van der Waals surface area contributed by atoms with Gasteiger partial charge in [0.2, 0.25) is 0 Å². The van der Waals surface area contributed by atoms with Gasteiger partial charge in [-0.1, -0.05) is 5.16 Å². The summed E-state index contributed by atoms with van der Waals surface area (Å²) in [4.78, 5) is 6.07. The van der Waals surface area contributed by atoms with Gasteiger partial charge < -0.3 is 20.9 Å². The molecular formula is C11H18N4O2. The fraction of sp³-hybridized carbons (Fsp3) is 0.455. The predicted molar refractivity (Wildman–Crippen MR) is 66.3 cm³/mol. The van der Waals surface area contributed by atoms with Crippen LogP contribution in [0.1, 0.15) is 19.4 Å². The first kappa shape index (κ1) is 13.2. The zero-order valence-electron chi connectivity index (χ0n) is 10.3. The van der Waals surface area contributed by atoms with Crippen LogP contribution in [0.5, 0.6) is 0 Å². The van der Waals surface area contributed by atoms with Crippen LogP contribution in [0.25, 0.3) is 0 Å². The Kier molecular flexibility index (Phi) is 3.90. The van der Waals surface area contributed by atoms with Crippen LogP contribution < -0.4 is 10.6 Å². The molecule has 0 amide bonds. The fourth-order valence-electron chi connectivity index (χ4n) is 1.21. The number of pyridine rings is 1. The molecule has 0 saturated heterocycles. The number of likely N-dealkylation sites (N-methyl/N-ethyl adjacent to an activating group) is 1. The highest BCUT2D eigenvalue weighted by Crippen LogP contribution is 2.19. The molecule has 0 fully saturated rings. The van der Waals surface area contributed by atoms with E-state index < -0.39 is 5.54 Å². The van der Waals surface area contributed by atoms with Crippen molar-refractivity contribution in [2.45, 2.75) is 19.4 Å². The predicted octanol–water partition coefficient (Wildman–Crippen LogP) is 0.383. The molecule has 0 aliphatic rings. The van der Waals surface area contributed by atoms with Crippen LogP contribution in [0.2, 0.25) is 0 Å². The standard InChI is InChI=1S/C11H18N4O2/c1-11(2,7-16)15(3)9-5-4-8(6-13-9)10(12)14-17/h4-6,16-17H,7H2,1-3H3,(H2,12,14). The summed E-state index contributed by atoms with van der Waals surface area (Å²) in [6.07, 6.45) is 1.52. The van der Waals surface area contributed by atoms with Crippen molar-refractivity contribution >= 4 is 11.7 Å². The first-order valence-corrected chi connectivity index (χ1v) is 5.21. The summed E-state index contributed by atoms with van der Waals surface area (Å²) in [5.74, 6) is 0.728. The van der Waals surface area contributed by atoms with Gasteiger partial charge in [-0.3, -0.25) is 0 Å². The molecule has 17 heavy (non-hydrogen) atoms. The number of nitrogens with zero attached hydrogens (tertiary/aromatic N) is 3. The molecule has 0 aromatic carbocycles. The molecular weight excluding hydrogens is 220 g/mol. The monoisotopic (exact) mass is 238 g/mol. The van der Waals surface area contributed by atoms with Crippen LogP contribution in [0.3, 0.4) is 0 Å². The summed E-state index contributed by atoms with van der Waals surface area (Å²) in [5.41, 5.74) is 5.59. The molecule has 0 spiro atoms. The normalized spacial score (nSPS) is 12.6. The molecule has 6 heteroatoms. The fourth-order valence-corrected chi connectivity index (χ4v) is 1.21. The molecule has 0 saturated carbocycles. The van der Waals surface area contributed by atoms with Crippen molar-refractivity contribution in [1.82, 2.24) is 4.98 Å². The Bertz CT molecular complexity index is 400. The highest BCUT2D eigenvalue weighted by molar-refractivity contribution is 5.96. The molecule has 0 aliphatic carbocycles. The van der Waals surface area contributed by atoms with Crippen molar-refractivity contribution in [2.24, 2.45) is 10.9 Å². The lowest BCUT2D eigenvalue weighted by Gasteiger charge is -2.34. The number of aliphatic hydroxyl groups excluding tert-OH is 1. The van der Waals surface area contributed by atoms with E-state index in [9.17, 15) is 5.11 Å². The lowest BCUT2D eigenvalue weighted by Crippen LogP contribution is -2.44. The number of oxime groups is 1. The molecule has 4 N–H and O–H groups in total. The van der Waals surface area contributed by atoms with E-state index in [0.717, 1.165) is 0 Å². The van der Waals surface area contributed by atoms with E-state index in [4.69, 9.17) is 10.9 Å². The van der Waals surface area contributed by atoms with Gasteiger partial charge in [0, 0.05) is 18.8 Å². The van der Waals surface area contributed by atoms with Gasteiger partial charge in [0.15, 0.2) is 5.84 Å². The van der Waals surface area contributed by atoms with Gasteiger partial charge in [-0.15, -0.1) is 0 Å². The second-order valence-corrected chi connectivity index (χ2v) is 4.42. The second-order valence-electron chi connectivity index (χ2n) is 4.42. The molecule has 0 unspecified atom stereocenters. The van der Waals surface area contributed by atoms with Gasteiger partial charge in [-0.2, -0.15) is 0 Å². The maximum Gasteiger partial charge on any atom is 0.171 e. The molecule has 1 aromatic heterocycles. The molecule has 6 nitrogen and oxygen atoms in total. The van der Waals surface area contributed by atoms with E-state index in [1.807, 2.05) is 25.8 Å². The largest absolute Gasteiger partial charge is 0.409 e. The van der Waals surface area contributed by atoms with Gasteiger partial charge in [0.25, 0.3) is 0 Å². The van der Waals surface area contributed by atoms with Crippen LogP contribution in [-0.4, -0.2) is 40.3 Å². The summed E-state index contributed by atoms with van der Waals surface area (Å²) in [6, 6.07) is 3.46. The van der Waals surface area contributed by atoms with Crippen molar-refractivity contribution < 1.29 is 10.3 Å². The molecule has 0 aliphatic heterocycles. The average Bonchev–Trinajstić information content (AvgIpc) is 2.37. The van der Waals surface area contributed by atoms with Crippen LogP contribution in [0.15, 0.2) is 23.5 Å². The Morgan fingerprint density at radius 1 is 1.53 bits per heavy atom. The third-order valence-electron chi connectivity index (χ3n) is 2.79. The minimum Gasteiger partial charge on any atom is -0.409 e. The second kappa shape index (κ2) is 5.01. The summed E-state index contributed by atoms with van der Waals surface area (Å²) < 4.78 is 0. The first-order chi connectivity index (χ1) is 7.92. The smallest absolute Gasteiger partial charge is 0.171 e. The zero-order valence-corrected chi connectivity index (χ0v) is 10.3. The molecule has 1 rings (SSSR count). The van der Waals surface area contributed by atoms with Crippen LogP contribution in [-0.2, 0) is 0 Å². The molecule has 1 heterocycles. The van der Waals surface area contributed by atoms with Crippen molar-refractivity contribution in [3.63, 3.8) is 0 Å². The number of nitrogens with two attached hydrogens (primary N) is 1. The van der Waals surface area contributed by atoms with E-state index in [-0.39, 0.29) is 12.4 Å². The van der Waals surface area contributed by atoms with Crippen molar-refractivity contribution in [3.8, 4) is 0 Å². The van der Waals surface area contributed by atoms with Crippen molar-refractivity contribution in [3.05, 3.63) is 23.9 Å². The van der Waals surface area contributed by atoms with Crippen molar-refractivity contribution in [2.75, 3.05) is 18.6 Å². The average molecular weight is 238 g/mol. The summed E-state index contributed by atoms with van der Waals surface area (Å²) in [6.45, 7) is 3.84. The Labute approximate surface area is 100 Å². The number of amidine groups is 1. The minimum absolute atomic E-state index is 0.0210. The van der Waals surface area contributed by atoms with E-state index in [2.05, 4.69) is 10.1 Å². The van der Waals surface area contributed by atoms with Crippen molar-refractivity contribution in [1.29, 1.82) is 0 Å².